The second kappa shape index (κ2) is 18.7. The van der Waals surface area contributed by atoms with Gasteiger partial charge in [-0.1, -0.05) is 13.8 Å². The van der Waals surface area contributed by atoms with E-state index in [0.29, 0.717) is 6.61 Å². The van der Waals surface area contributed by atoms with Crippen LogP contribution in [0, 0.1) is 0 Å². The predicted molar refractivity (Wildman–Crippen MR) is 72.8 cm³/mol. The molecular formula is C13H29NO4. The third-order valence-corrected chi connectivity index (χ3v) is 1.98. The third kappa shape index (κ3) is 17.7. The van der Waals surface area contributed by atoms with Gasteiger partial charge in [-0.25, -0.2) is 0 Å². The molecule has 0 saturated heterocycles. The Kier molecular flexibility index (Phi) is 20.5. The molecule has 1 amide bonds. The summed E-state index contributed by atoms with van der Waals surface area (Å²) < 4.78 is 15.4. The van der Waals surface area contributed by atoms with E-state index >= 15 is 0 Å². The van der Waals surface area contributed by atoms with Crippen LogP contribution in [-0.2, 0) is 19.0 Å². The van der Waals surface area contributed by atoms with Crippen LogP contribution in [0.1, 0.15) is 33.1 Å². The van der Waals surface area contributed by atoms with Gasteiger partial charge in [0.1, 0.15) is 6.61 Å². The van der Waals surface area contributed by atoms with Gasteiger partial charge < -0.3 is 19.5 Å². The molecule has 0 spiro atoms. The summed E-state index contributed by atoms with van der Waals surface area (Å²) in [7, 11) is 3.28. The quantitative estimate of drug-likeness (QED) is 0.575. The number of rotatable bonds is 11. The molecule has 0 rings (SSSR count). The maximum atomic E-state index is 10.8. The Bertz CT molecular complexity index is 165. The molecule has 0 aliphatic carbocycles. The maximum absolute atomic E-state index is 10.8. The van der Waals surface area contributed by atoms with Crippen LogP contribution in [-0.4, -0.2) is 53.1 Å². The number of nitrogens with one attached hydrogen (secondary N) is 1. The molecule has 0 aliphatic rings. The van der Waals surface area contributed by atoms with Gasteiger partial charge in [0.15, 0.2) is 0 Å². The summed E-state index contributed by atoms with van der Waals surface area (Å²) in [6.07, 6.45) is 2.81. The number of carbonyl (C=O) groups is 1. The van der Waals surface area contributed by atoms with Crippen molar-refractivity contribution in [2.75, 3.05) is 47.2 Å². The van der Waals surface area contributed by atoms with E-state index in [9.17, 15) is 4.79 Å². The van der Waals surface area contributed by atoms with Gasteiger partial charge in [-0.3, -0.25) is 4.79 Å². The van der Waals surface area contributed by atoms with E-state index in [1.54, 1.807) is 14.2 Å². The minimum Gasteiger partial charge on any atom is -0.385 e. The number of unbranched alkanes of at least 4 members (excludes halogenated alkanes) is 1. The highest BCUT2D eigenvalue weighted by Crippen LogP contribution is 1.92. The van der Waals surface area contributed by atoms with Crippen molar-refractivity contribution >= 4 is 5.91 Å². The van der Waals surface area contributed by atoms with Gasteiger partial charge in [-0.2, -0.15) is 0 Å². The van der Waals surface area contributed by atoms with Crippen molar-refractivity contribution in [2.24, 2.45) is 0 Å². The van der Waals surface area contributed by atoms with E-state index in [1.807, 2.05) is 13.8 Å². The Morgan fingerprint density at radius 2 is 1.50 bits per heavy atom. The second-order valence-electron chi connectivity index (χ2n) is 3.39. The monoisotopic (exact) mass is 263 g/mol. The van der Waals surface area contributed by atoms with Crippen LogP contribution in [0.25, 0.3) is 0 Å². The highest BCUT2D eigenvalue weighted by molar-refractivity contribution is 5.76. The first-order chi connectivity index (χ1) is 8.81. The third-order valence-electron chi connectivity index (χ3n) is 1.98. The first-order valence-corrected chi connectivity index (χ1v) is 6.66. The molecule has 0 aromatic rings. The van der Waals surface area contributed by atoms with Gasteiger partial charge in [-0.05, 0) is 19.3 Å². The predicted octanol–water partition coefficient (Wildman–Crippen LogP) is 1.61. The topological polar surface area (TPSA) is 56.8 Å². The van der Waals surface area contributed by atoms with Crippen molar-refractivity contribution in [2.45, 2.75) is 33.1 Å². The van der Waals surface area contributed by atoms with E-state index < -0.39 is 0 Å². The Morgan fingerprint density at radius 1 is 0.944 bits per heavy atom. The molecule has 0 bridgehead atoms. The lowest BCUT2D eigenvalue weighted by Gasteiger charge is -2.04. The Hall–Kier alpha value is -0.650. The van der Waals surface area contributed by atoms with E-state index in [2.05, 4.69) is 5.32 Å². The Balaban J connectivity index is 0. The molecular weight excluding hydrogens is 234 g/mol. The van der Waals surface area contributed by atoms with Crippen LogP contribution < -0.4 is 5.32 Å². The summed E-state index contributed by atoms with van der Waals surface area (Å²) in [6.45, 7) is 6.98. The number of ether oxygens (including phenoxy) is 3. The molecule has 5 heteroatoms. The van der Waals surface area contributed by atoms with Gasteiger partial charge in [0.25, 0.3) is 0 Å². The fourth-order valence-electron chi connectivity index (χ4n) is 1.05. The Labute approximate surface area is 111 Å². The number of amides is 1. The Morgan fingerprint density at radius 3 is 2.06 bits per heavy atom. The van der Waals surface area contributed by atoms with Crippen LogP contribution >= 0.6 is 0 Å². The number of hydrogen-bond donors (Lipinski definition) is 1. The van der Waals surface area contributed by atoms with Crippen molar-refractivity contribution in [3.8, 4) is 0 Å². The number of likely N-dealkylation sites (N-methyl/N-ethyl adjacent to an activating group) is 1. The summed E-state index contributed by atoms with van der Waals surface area (Å²) in [5, 5.41) is 2.50. The van der Waals surface area contributed by atoms with Crippen molar-refractivity contribution in [1.82, 2.24) is 5.32 Å². The lowest BCUT2D eigenvalue weighted by Crippen LogP contribution is -2.23. The molecule has 18 heavy (non-hydrogen) atoms. The second-order valence-corrected chi connectivity index (χ2v) is 3.39. The number of methoxy groups -OCH3 is 1. The summed E-state index contributed by atoms with van der Waals surface area (Å²) in [5.41, 5.74) is 0. The van der Waals surface area contributed by atoms with Gasteiger partial charge in [0, 0.05) is 40.6 Å². The number of carbonyl (C=O) groups excluding carboxylic acids is 1. The fraction of sp³-hybridized carbons (Fsp3) is 0.923. The summed E-state index contributed by atoms with van der Waals surface area (Å²) in [6, 6.07) is 0. The van der Waals surface area contributed by atoms with Gasteiger partial charge >= 0.3 is 0 Å². The zero-order chi connectivity index (χ0) is 14.1. The van der Waals surface area contributed by atoms with Crippen molar-refractivity contribution < 1.29 is 19.0 Å². The van der Waals surface area contributed by atoms with Crippen molar-refractivity contribution in [3.05, 3.63) is 0 Å². The van der Waals surface area contributed by atoms with Crippen molar-refractivity contribution in [1.29, 1.82) is 0 Å². The van der Waals surface area contributed by atoms with Gasteiger partial charge in [0.2, 0.25) is 5.91 Å². The average molecular weight is 263 g/mol. The van der Waals surface area contributed by atoms with Crippen LogP contribution in [0.5, 0.6) is 0 Å². The molecule has 0 aromatic heterocycles. The first kappa shape index (κ1) is 19.7. The van der Waals surface area contributed by atoms with Gasteiger partial charge in [-0.15, -0.1) is 0 Å². The largest absolute Gasteiger partial charge is 0.385 e. The molecule has 0 fully saturated rings. The SMILES string of the molecule is CC.CNC(=O)COCCCCOCCCOC. The molecule has 0 heterocycles. The number of hydrogen-bond acceptors (Lipinski definition) is 4. The maximum Gasteiger partial charge on any atom is 0.245 e. The molecule has 1 N–H and O–H groups in total. The zero-order valence-corrected chi connectivity index (χ0v) is 12.3. The lowest BCUT2D eigenvalue weighted by molar-refractivity contribution is -0.125. The average Bonchev–Trinajstić information content (AvgIpc) is 2.42. The summed E-state index contributed by atoms with van der Waals surface area (Å²) in [5.74, 6) is -0.0872. The van der Waals surface area contributed by atoms with E-state index in [4.69, 9.17) is 14.2 Å². The highest BCUT2D eigenvalue weighted by Gasteiger charge is 1.96. The van der Waals surface area contributed by atoms with Gasteiger partial charge in [0.05, 0.1) is 0 Å². The van der Waals surface area contributed by atoms with Crippen LogP contribution in [0.2, 0.25) is 0 Å². The van der Waals surface area contributed by atoms with E-state index in [1.165, 1.54) is 0 Å². The molecule has 0 atom stereocenters. The molecule has 0 aliphatic heterocycles. The van der Waals surface area contributed by atoms with Crippen LogP contribution in [0.3, 0.4) is 0 Å². The van der Waals surface area contributed by atoms with E-state index in [0.717, 1.165) is 39.1 Å². The molecule has 0 radical (unpaired) electrons. The lowest BCUT2D eigenvalue weighted by atomic mass is 10.3. The summed E-state index contributed by atoms with van der Waals surface area (Å²) >= 11 is 0. The summed E-state index contributed by atoms with van der Waals surface area (Å²) in [4.78, 5) is 10.8. The van der Waals surface area contributed by atoms with Crippen LogP contribution in [0.4, 0.5) is 0 Å². The minimum atomic E-state index is -0.0872. The van der Waals surface area contributed by atoms with E-state index in [-0.39, 0.29) is 12.5 Å². The molecule has 5 nitrogen and oxygen atoms in total. The molecule has 110 valence electrons. The molecule has 0 unspecified atom stereocenters. The fourth-order valence-corrected chi connectivity index (χ4v) is 1.05. The minimum absolute atomic E-state index is 0.0872. The zero-order valence-electron chi connectivity index (χ0n) is 12.3. The molecule has 0 aromatic carbocycles. The normalized spacial score (nSPS) is 9.56. The van der Waals surface area contributed by atoms with Crippen LogP contribution in [0.15, 0.2) is 0 Å². The first-order valence-electron chi connectivity index (χ1n) is 6.66. The highest BCUT2D eigenvalue weighted by atomic mass is 16.5. The standard InChI is InChI=1S/C11H23NO4.C2H6/c1-12-11(13)10-16-8-4-3-7-15-9-5-6-14-2;1-2/h3-10H2,1-2H3,(H,12,13);1-2H3. The smallest absolute Gasteiger partial charge is 0.245 e. The molecule has 0 saturated carbocycles. The van der Waals surface area contributed by atoms with Crippen molar-refractivity contribution in [3.63, 3.8) is 0 Å².